The fourth-order valence-electron chi connectivity index (χ4n) is 1.32. The number of benzene rings is 2. The van der Waals surface area contributed by atoms with Crippen LogP contribution in [0.25, 0.3) is 12.2 Å². The van der Waals surface area contributed by atoms with E-state index in [1.54, 1.807) is 0 Å². The molecule has 0 spiro atoms. The van der Waals surface area contributed by atoms with E-state index in [1.807, 2.05) is 36.4 Å². The third kappa shape index (κ3) is 13.5. The molecule has 0 fully saturated rings. The van der Waals surface area contributed by atoms with Crippen molar-refractivity contribution in [2.75, 3.05) is 0 Å². The summed E-state index contributed by atoms with van der Waals surface area (Å²) < 4.78 is 0. The maximum atomic E-state index is 2.12. The first-order chi connectivity index (χ1) is 6.95. The SMILES string of the molecule is C(=C\c1ccccc1)/c1ccccc1.F.F.F.F.F.F.[U]. The van der Waals surface area contributed by atoms with Crippen molar-refractivity contribution in [1.82, 2.24) is 0 Å². The minimum atomic E-state index is 0. The summed E-state index contributed by atoms with van der Waals surface area (Å²) in [4.78, 5) is 0. The molecule has 0 heterocycles. The van der Waals surface area contributed by atoms with E-state index >= 15 is 0 Å². The van der Waals surface area contributed by atoms with Crippen molar-refractivity contribution in [2.45, 2.75) is 0 Å². The van der Waals surface area contributed by atoms with Crippen LogP contribution in [0.4, 0.5) is 28.2 Å². The fraction of sp³-hybridized carbons (Fsp3) is 0. The van der Waals surface area contributed by atoms with Crippen LogP contribution in [0.1, 0.15) is 11.1 Å². The molecule has 0 amide bonds. The van der Waals surface area contributed by atoms with Crippen LogP contribution in [0, 0.1) is 31.1 Å². The van der Waals surface area contributed by atoms with E-state index in [9.17, 15) is 0 Å². The van der Waals surface area contributed by atoms with Crippen molar-refractivity contribution in [3.05, 3.63) is 71.8 Å². The van der Waals surface area contributed by atoms with Gasteiger partial charge in [0.15, 0.2) is 0 Å². The van der Waals surface area contributed by atoms with Crippen LogP contribution in [0.5, 0.6) is 0 Å². The fourth-order valence-corrected chi connectivity index (χ4v) is 1.32. The average Bonchev–Trinajstić information content (AvgIpc) is 2.29. The summed E-state index contributed by atoms with van der Waals surface area (Å²) >= 11 is 0. The van der Waals surface area contributed by atoms with Gasteiger partial charge in [-0.2, -0.15) is 0 Å². The molecule has 0 aliphatic heterocycles. The second-order valence-electron chi connectivity index (χ2n) is 3.15. The van der Waals surface area contributed by atoms with Crippen molar-refractivity contribution in [2.24, 2.45) is 0 Å². The molecule has 2 aromatic carbocycles. The number of halogens is 6. The summed E-state index contributed by atoms with van der Waals surface area (Å²) in [6.07, 6.45) is 4.24. The van der Waals surface area contributed by atoms with Gasteiger partial charge in [-0.05, 0) is 11.1 Å². The van der Waals surface area contributed by atoms with Crippen LogP contribution in [0.2, 0.25) is 0 Å². The normalized spacial score (nSPS) is 7.05. The Morgan fingerprint density at radius 1 is 0.429 bits per heavy atom. The first-order valence-corrected chi connectivity index (χ1v) is 4.73. The predicted octanol–water partition coefficient (Wildman–Crippen LogP) is 4.77. The molecule has 0 unspecified atom stereocenters. The average molecular weight is 538 g/mol. The number of rotatable bonds is 2. The van der Waals surface area contributed by atoms with E-state index < -0.39 is 0 Å². The molecule has 0 atom stereocenters. The third-order valence-corrected chi connectivity index (χ3v) is 2.07. The summed E-state index contributed by atoms with van der Waals surface area (Å²) in [5.74, 6) is 0. The molecule has 0 bridgehead atoms. The first-order valence-electron chi connectivity index (χ1n) is 4.73. The molecule has 7 heteroatoms. The molecule has 0 aliphatic rings. The van der Waals surface area contributed by atoms with E-state index in [2.05, 4.69) is 36.4 Å². The van der Waals surface area contributed by atoms with E-state index in [0.717, 1.165) is 0 Å². The Kier molecular flexibility index (Phi) is 37.0. The van der Waals surface area contributed by atoms with Gasteiger partial charge in [-0.1, -0.05) is 72.8 Å². The van der Waals surface area contributed by atoms with E-state index in [0.29, 0.717) is 0 Å². The zero-order chi connectivity index (χ0) is 9.64. The Morgan fingerprint density at radius 3 is 0.905 bits per heavy atom. The van der Waals surface area contributed by atoms with Crippen LogP contribution in [-0.4, -0.2) is 0 Å². The maximum absolute atomic E-state index is 2.12. The van der Waals surface area contributed by atoms with E-state index in [1.165, 1.54) is 11.1 Å². The molecule has 0 N–H and O–H groups in total. The molecule has 2 rings (SSSR count). The van der Waals surface area contributed by atoms with E-state index in [-0.39, 0.29) is 59.3 Å². The van der Waals surface area contributed by atoms with Crippen LogP contribution in [0.3, 0.4) is 0 Å². The molecule has 0 nitrogen and oxygen atoms in total. The predicted molar refractivity (Wildman–Crippen MR) is 76.8 cm³/mol. The van der Waals surface area contributed by atoms with Crippen molar-refractivity contribution < 1.29 is 59.3 Å². The smallest absolute Gasteiger partial charge is 0 e. The largest absolute Gasteiger partial charge is 0.269 e. The van der Waals surface area contributed by atoms with Gasteiger partial charge >= 0.3 is 0 Å². The minimum Gasteiger partial charge on any atom is -0.269 e. The maximum Gasteiger partial charge on any atom is 0 e. The van der Waals surface area contributed by atoms with Gasteiger partial charge in [0.25, 0.3) is 0 Å². The van der Waals surface area contributed by atoms with Gasteiger partial charge in [-0.3, -0.25) is 28.2 Å². The van der Waals surface area contributed by atoms with Gasteiger partial charge < -0.3 is 0 Å². The molecular weight excluding hydrogens is 520 g/mol. The van der Waals surface area contributed by atoms with Gasteiger partial charge in [0.1, 0.15) is 0 Å². The second kappa shape index (κ2) is 21.1. The number of hydrogen-bond donors (Lipinski definition) is 0. The van der Waals surface area contributed by atoms with Gasteiger partial charge in [-0.25, -0.2) is 0 Å². The third-order valence-electron chi connectivity index (χ3n) is 2.07. The van der Waals surface area contributed by atoms with Gasteiger partial charge in [0.2, 0.25) is 0 Å². The quantitative estimate of drug-likeness (QED) is 0.382. The second-order valence-corrected chi connectivity index (χ2v) is 3.15. The van der Waals surface area contributed by atoms with Gasteiger partial charge in [-0.15, -0.1) is 0 Å². The Hall–Kier alpha value is -1.19. The molecule has 0 aliphatic carbocycles. The standard InChI is InChI=1S/C14H12.6FH.U/c1-3-7-13(8-4-1)11-12-14-9-5-2-6-10-14;;;;;;;/h1-12H;6*1H;/b12-11+;;;;;;;. The molecule has 120 valence electrons. The topological polar surface area (TPSA) is 0 Å². The zero-order valence-electron chi connectivity index (χ0n) is 10.9. The van der Waals surface area contributed by atoms with Crippen LogP contribution in [0.15, 0.2) is 60.7 Å². The summed E-state index contributed by atoms with van der Waals surface area (Å²) in [6, 6.07) is 20.6. The Balaban J connectivity index is -0.0000000804. The van der Waals surface area contributed by atoms with Crippen molar-refractivity contribution in [3.8, 4) is 0 Å². The Morgan fingerprint density at radius 2 is 0.667 bits per heavy atom. The number of hydrogen-bond acceptors (Lipinski definition) is 0. The Bertz CT molecular complexity index is 380. The Labute approximate surface area is 143 Å². The summed E-state index contributed by atoms with van der Waals surface area (Å²) in [5, 5.41) is 0. The molecule has 21 heavy (non-hydrogen) atoms. The summed E-state index contributed by atoms with van der Waals surface area (Å²) in [6.45, 7) is 0. The van der Waals surface area contributed by atoms with E-state index in [4.69, 9.17) is 0 Å². The molecule has 2 aromatic rings. The summed E-state index contributed by atoms with van der Waals surface area (Å²) in [5.41, 5.74) is 2.47. The van der Waals surface area contributed by atoms with Crippen LogP contribution >= 0.6 is 0 Å². The van der Waals surface area contributed by atoms with Crippen LogP contribution < -0.4 is 0 Å². The minimum absolute atomic E-state index is 0. The summed E-state index contributed by atoms with van der Waals surface area (Å²) in [7, 11) is 0. The zero-order valence-corrected chi connectivity index (χ0v) is 15.0. The molecule has 0 saturated carbocycles. The first kappa shape index (κ1) is 36.8. The van der Waals surface area contributed by atoms with Gasteiger partial charge in [0, 0.05) is 31.1 Å². The molecule has 0 aromatic heterocycles. The van der Waals surface area contributed by atoms with Crippen molar-refractivity contribution >= 4 is 12.2 Å². The van der Waals surface area contributed by atoms with Crippen molar-refractivity contribution in [3.63, 3.8) is 0 Å². The van der Waals surface area contributed by atoms with Gasteiger partial charge in [0.05, 0.1) is 0 Å². The van der Waals surface area contributed by atoms with Crippen molar-refractivity contribution in [1.29, 1.82) is 0 Å². The van der Waals surface area contributed by atoms with Crippen LogP contribution in [-0.2, 0) is 0 Å². The molecule has 0 saturated heterocycles. The molecular formula is C14H18F6U. The monoisotopic (exact) mass is 538 g/mol. The molecule has 0 radical (unpaired) electrons.